The highest BCUT2D eigenvalue weighted by Crippen LogP contribution is 2.48. The number of halogens is 1. The number of hydrogen-bond acceptors (Lipinski definition) is 2. The summed E-state index contributed by atoms with van der Waals surface area (Å²) in [6, 6.07) is 15.3. The summed E-state index contributed by atoms with van der Waals surface area (Å²) in [4.78, 5) is 28.1. The number of rotatable bonds is 3. The number of para-hydroxylation sites is 1. The lowest BCUT2D eigenvalue weighted by Crippen LogP contribution is -2.46. The summed E-state index contributed by atoms with van der Waals surface area (Å²) < 4.78 is 0.972. The van der Waals surface area contributed by atoms with E-state index in [1.54, 1.807) is 6.20 Å². The number of H-pyrrole nitrogens is 1. The fraction of sp³-hybridized carbons (Fsp3) is 0.158. The van der Waals surface area contributed by atoms with Crippen molar-refractivity contribution in [1.82, 2.24) is 15.8 Å². The number of nitrogens with one attached hydrogen (secondary N) is 3. The van der Waals surface area contributed by atoms with Gasteiger partial charge in [-0.15, -0.1) is 0 Å². The van der Waals surface area contributed by atoms with Crippen LogP contribution in [0.1, 0.15) is 28.8 Å². The normalized spacial score (nSPS) is 14.9. The number of fused-ring (bicyclic) bond motifs is 1. The quantitative estimate of drug-likeness (QED) is 0.592. The molecule has 2 amide bonds. The molecular formula is C19H16BrN3O2. The molecule has 2 aromatic carbocycles. The Kier molecular flexibility index (Phi) is 3.84. The zero-order valence-electron chi connectivity index (χ0n) is 13.3. The van der Waals surface area contributed by atoms with Gasteiger partial charge >= 0.3 is 0 Å². The van der Waals surface area contributed by atoms with Crippen LogP contribution in [0.25, 0.3) is 10.9 Å². The van der Waals surface area contributed by atoms with Crippen molar-refractivity contribution in [3.05, 3.63) is 70.3 Å². The third-order valence-corrected chi connectivity index (χ3v) is 5.23. The van der Waals surface area contributed by atoms with E-state index in [9.17, 15) is 9.59 Å². The van der Waals surface area contributed by atoms with Crippen molar-refractivity contribution in [3.63, 3.8) is 0 Å². The van der Waals surface area contributed by atoms with Crippen molar-refractivity contribution < 1.29 is 9.59 Å². The van der Waals surface area contributed by atoms with E-state index in [0.717, 1.165) is 33.8 Å². The smallest absolute Gasteiger partial charge is 0.271 e. The van der Waals surface area contributed by atoms with Crippen molar-refractivity contribution in [2.24, 2.45) is 0 Å². The van der Waals surface area contributed by atoms with Crippen LogP contribution in [0.5, 0.6) is 0 Å². The summed E-state index contributed by atoms with van der Waals surface area (Å²) in [5, 5.41) is 0.822. The zero-order chi connectivity index (χ0) is 17.4. The second kappa shape index (κ2) is 6.04. The predicted molar refractivity (Wildman–Crippen MR) is 99.0 cm³/mol. The van der Waals surface area contributed by atoms with E-state index in [4.69, 9.17) is 0 Å². The monoisotopic (exact) mass is 397 g/mol. The van der Waals surface area contributed by atoms with E-state index in [-0.39, 0.29) is 11.8 Å². The van der Waals surface area contributed by atoms with Gasteiger partial charge in [-0.25, -0.2) is 0 Å². The lowest BCUT2D eigenvalue weighted by atomic mass is 9.95. The Morgan fingerprint density at radius 1 is 1.00 bits per heavy atom. The first-order chi connectivity index (χ1) is 12.1. The molecule has 1 aromatic heterocycles. The van der Waals surface area contributed by atoms with E-state index in [1.807, 2.05) is 48.5 Å². The third kappa shape index (κ3) is 2.82. The van der Waals surface area contributed by atoms with E-state index in [2.05, 4.69) is 31.8 Å². The van der Waals surface area contributed by atoms with Gasteiger partial charge in [-0.2, -0.15) is 0 Å². The highest BCUT2D eigenvalue weighted by atomic mass is 79.9. The number of carbonyl (C=O) groups excluding carboxylic acids is 2. The first-order valence-electron chi connectivity index (χ1n) is 8.03. The summed E-state index contributed by atoms with van der Waals surface area (Å²) in [5.41, 5.74) is 6.94. The maximum absolute atomic E-state index is 12.6. The molecule has 1 aliphatic rings. The fourth-order valence-corrected chi connectivity index (χ4v) is 3.36. The van der Waals surface area contributed by atoms with Gasteiger partial charge in [-0.05, 0) is 36.6 Å². The van der Waals surface area contributed by atoms with Crippen molar-refractivity contribution in [1.29, 1.82) is 0 Å². The molecule has 3 aromatic rings. The maximum atomic E-state index is 12.6. The molecular weight excluding hydrogens is 382 g/mol. The largest absolute Gasteiger partial charge is 0.360 e. The molecule has 0 aliphatic heterocycles. The Balaban J connectivity index is 1.47. The summed E-state index contributed by atoms with van der Waals surface area (Å²) >= 11 is 3.40. The number of aromatic amines is 1. The molecule has 0 atom stereocenters. The molecule has 5 nitrogen and oxygen atoms in total. The fourth-order valence-electron chi connectivity index (χ4n) is 3.10. The minimum Gasteiger partial charge on any atom is -0.360 e. The first-order valence-corrected chi connectivity index (χ1v) is 8.82. The molecule has 25 heavy (non-hydrogen) atoms. The second-order valence-corrected chi connectivity index (χ2v) is 7.16. The zero-order valence-corrected chi connectivity index (χ0v) is 14.9. The van der Waals surface area contributed by atoms with Gasteiger partial charge < -0.3 is 4.98 Å². The highest BCUT2D eigenvalue weighted by Gasteiger charge is 2.51. The molecule has 0 spiro atoms. The molecule has 0 saturated heterocycles. The van der Waals surface area contributed by atoms with Crippen LogP contribution < -0.4 is 10.9 Å². The van der Waals surface area contributed by atoms with Crippen molar-refractivity contribution in [3.8, 4) is 0 Å². The van der Waals surface area contributed by atoms with Gasteiger partial charge in [0.2, 0.25) is 5.91 Å². The number of aromatic nitrogens is 1. The number of hydrazine groups is 1. The number of benzene rings is 2. The topological polar surface area (TPSA) is 74.0 Å². The molecule has 1 aliphatic carbocycles. The molecule has 1 heterocycles. The van der Waals surface area contributed by atoms with E-state index in [0.29, 0.717) is 5.56 Å². The average molecular weight is 398 g/mol. The summed E-state index contributed by atoms with van der Waals surface area (Å²) in [6.07, 6.45) is 3.21. The van der Waals surface area contributed by atoms with Crippen LogP contribution in [-0.2, 0) is 10.2 Å². The Labute approximate surface area is 152 Å². The van der Waals surface area contributed by atoms with Crippen molar-refractivity contribution >= 4 is 38.6 Å². The predicted octanol–water partition coefficient (Wildman–Crippen LogP) is 3.42. The van der Waals surface area contributed by atoms with Gasteiger partial charge in [0.15, 0.2) is 0 Å². The van der Waals surface area contributed by atoms with Crippen LogP contribution in [0, 0.1) is 0 Å². The van der Waals surface area contributed by atoms with Gasteiger partial charge in [0.05, 0.1) is 11.0 Å². The van der Waals surface area contributed by atoms with Crippen molar-refractivity contribution in [2.75, 3.05) is 0 Å². The van der Waals surface area contributed by atoms with Crippen molar-refractivity contribution in [2.45, 2.75) is 18.3 Å². The molecule has 1 saturated carbocycles. The van der Waals surface area contributed by atoms with Gasteiger partial charge in [0, 0.05) is 21.6 Å². The SMILES string of the molecule is O=C(NNC(=O)C1(c2ccc(Br)cc2)CC1)c1c[nH]c2ccccc12. The minimum atomic E-state index is -0.534. The number of hydrogen-bond donors (Lipinski definition) is 3. The third-order valence-electron chi connectivity index (χ3n) is 4.70. The van der Waals surface area contributed by atoms with Crippen LogP contribution in [0.15, 0.2) is 59.2 Å². The summed E-state index contributed by atoms with van der Waals surface area (Å²) in [7, 11) is 0. The van der Waals surface area contributed by atoms with Crippen LogP contribution >= 0.6 is 15.9 Å². The maximum Gasteiger partial charge on any atom is 0.271 e. The second-order valence-electron chi connectivity index (χ2n) is 6.25. The standard InChI is InChI=1S/C19H16BrN3O2/c20-13-7-5-12(6-8-13)19(9-10-19)18(25)23-22-17(24)15-11-21-16-4-2-1-3-14(15)16/h1-8,11,21H,9-10H2,(H,22,24)(H,23,25). The molecule has 126 valence electrons. The van der Waals surface area contributed by atoms with Gasteiger partial charge in [-0.1, -0.05) is 46.3 Å². The number of carbonyl (C=O) groups is 2. The summed E-state index contributed by atoms with van der Waals surface area (Å²) in [6.45, 7) is 0. The molecule has 0 bridgehead atoms. The molecule has 4 rings (SSSR count). The van der Waals surface area contributed by atoms with Gasteiger partial charge in [0.25, 0.3) is 5.91 Å². The van der Waals surface area contributed by atoms with Crippen LogP contribution in [0.2, 0.25) is 0 Å². The van der Waals surface area contributed by atoms with Gasteiger partial charge in [0.1, 0.15) is 0 Å². The van der Waals surface area contributed by atoms with E-state index >= 15 is 0 Å². The average Bonchev–Trinajstić information content (AvgIpc) is 3.33. The molecule has 0 unspecified atom stereocenters. The lowest BCUT2D eigenvalue weighted by molar-refractivity contribution is -0.124. The first kappa shape index (κ1) is 15.9. The Morgan fingerprint density at radius 3 is 2.44 bits per heavy atom. The van der Waals surface area contributed by atoms with Crippen LogP contribution in [-0.4, -0.2) is 16.8 Å². The van der Waals surface area contributed by atoms with Crippen LogP contribution in [0.3, 0.4) is 0 Å². The Bertz CT molecular complexity index is 958. The molecule has 0 radical (unpaired) electrons. The highest BCUT2D eigenvalue weighted by molar-refractivity contribution is 9.10. The number of amides is 2. The molecule has 6 heteroatoms. The van der Waals surface area contributed by atoms with Gasteiger partial charge in [-0.3, -0.25) is 20.4 Å². The Morgan fingerprint density at radius 2 is 1.72 bits per heavy atom. The van der Waals surface area contributed by atoms with E-state index < -0.39 is 5.41 Å². The Hall–Kier alpha value is -2.60. The molecule has 1 fully saturated rings. The van der Waals surface area contributed by atoms with Crippen LogP contribution in [0.4, 0.5) is 0 Å². The minimum absolute atomic E-state index is 0.178. The van der Waals surface area contributed by atoms with E-state index in [1.165, 1.54) is 0 Å². The lowest BCUT2D eigenvalue weighted by Gasteiger charge is -2.16. The molecule has 3 N–H and O–H groups in total. The summed E-state index contributed by atoms with van der Waals surface area (Å²) in [5.74, 6) is -0.514.